The summed E-state index contributed by atoms with van der Waals surface area (Å²) in [7, 11) is 5.35. The molecule has 9 nitrogen and oxygen atoms in total. The fourth-order valence-corrected chi connectivity index (χ4v) is 3.70. The molecule has 10 heteroatoms. The Bertz CT molecular complexity index is 988. The molecule has 5 N–H and O–H groups in total. The second kappa shape index (κ2) is 16.4. The molecule has 1 aromatic heterocycles. The predicted octanol–water partition coefficient (Wildman–Crippen LogP) is 3.23. The number of carbonyl (C=O) groups is 1. The van der Waals surface area contributed by atoms with Crippen LogP contribution in [0.1, 0.15) is 25.7 Å². The largest absolute Gasteiger partial charge is 0.388 e. The van der Waals surface area contributed by atoms with Crippen molar-refractivity contribution in [3.8, 4) is 0 Å². The van der Waals surface area contributed by atoms with Gasteiger partial charge in [-0.05, 0) is 55.5 Å². The lowest BCUT2D eigenvalue weighted by Gasteiger charge is -2.30. The van der Waals surface area contributed by atoms with Gasteiger partial charge in [0.25, 0.3) is 0 Å². The molecule has 202 valence electrons. The lowest BCUT2D eigenvalue weighted by molar-refractivity contribution is -0.111. The molecule has 2 heterocycles. The highest BCUT2D eigenvalue weighted by Gasteiger charge is 2.20. The minimum atomic E-state index is -0.539. The van der Waals surface area contributed by atoms with Crippen molar-refractivity contribution in [2.45, 2.75) is 31.8 Å². The third-order valence-electron chi connectivity index (χ3n) is 5.73. The van der Waals surface area contributed by atoms with E-state index in [9.17, 15) is 14.3 Å². The number of anilines is 3. The van der Waals surface area contributed by atoms with Crippen molar-refractivity contribution in [3.05, 3.63) is 66.3 Å². The third kappa shape index (κ3) is 11.5. The van der Waals surface area contributed by atoms with Gasteiger partial charge in [-0.2, -0.15) is 0 Å². The maximum Gasteiger partial charge on any atom is 0.134 e. The highest BCUT2D eigenvalue weighted by Crippen LogP contribution is 2.22. The van der Waals surface area contributed by atoms with Gasteiger partial charge in [0.05, 0.1) is 6.10 Å². The van der Waals surface area contributed by atoms with Gasteiger partial charge in [0.2, 0.25) is 0 Å². The van der Waals surface area contributed by atoms with Crippen LogP contribution in [-0.4, -0.2) is 73.3 Å². The molecule has 1 saturated heterocycles. The Hall–Kier alpha value is -3.34. The molecule has 2 aliphatic rings. The van der Waals surface area contributed by atoms with Crippen molar-refractivity contribution < 1.29 is 14.3 Å². The van der Waals surface area contributed by atoms with Gasteiger partial charge in [-0.1, -0.05) is 18.2 Å². The standard InChI is InChI=1S/C18H24N4O2.C7H8FN.C2H8N2/c23-12-14-6-8-22(9-7-14)18-10-17(20-13-21-18)19-11-16(24)15-4-2-1-3-5-15;1-9-7-4-2-6(8)3-5-7;1-4(2)3/h2,4-5,10,12-14,16,24H,1,3,6-9,11H2,(H,19,20,21);2-5,9H,1H3;3H2,1-2H3/t16-;;/m0../s1. The molecule has 1 fully saturated rings. The molecule has 0 radical (unpaired) electrons. The summed E-state index contributed by atoms with van der Waals surface area (Å²) >= 11 is 0. The van der Waals surface area contributed by atoms with Crippen molar-refractivity contribution >= 4 is 23.6 Å². The summed E-state index contributed by atoms with van der Waals surface area (Å²) in [6.07, 6.45) is 12.0. The van der Waals surface area contributed by atoms with Gasteiger partial charge < -0.3 is 25.4 Å². The highest BCUT2D eigenvalue weighted by atomic mass is 19.1. The van der Waals surface area contributed by atoms with E-state index in [-0.39, 0.29) is 11.7 Å². The molecule has 0 unspecified atom stereocenters. The van der Waals surface area contributed by atoms with Crippen LogP contribution in [0.25, 0.3) is 0 Å². The lowest BCUT2D eigenvalue weighted by Crippen LogP contribution is -2.34. The van der Waals surface area contributed by atoms with E-state index >= 15 is 0 Å². The number of benzene rings is 1. The number of aliphatic hydroxyl groups is 1. The first-order valence-electron chi connectivity index (χ1n) is 12.5. The number of piperidine rings is 1. The average Bonchev–Trinajstić information content (AvgIpc) is 2.93. The van der Waals surface area contributed by atoms with Crippen LogP contribution >= 0.6 is 0 Å². The van der Waals surface area contributed by atoms with E-state index in [1.165, 1.54) is 23.5 Å². The Morgan fingerprint density at radius 2 is 1.89 bits per heavy atom. The summed E-state index contributed by atoms with van der Waals surface area (Å²) in [5.74, 6) is 6.49. The van der Waals surface area contributed by atoms with Crippen LogP contribution in [0, 0.1) is 11.7 Å². The van der Waals surface area contributed by atoms with Crippen molar-refractivity contribution in [1.82, 2.24) is 15.0 Å². The van der Waals surface area contributed by atoms with Gasteiger partial charge in [-0.3, -0.25) is 10.9 Å². The molecule has 37 heavy (non-hydrogen) atoms. The third-order valence-corrected chi connectivity index (χ3v) is 5.73. The number of rotatable bonds is 7. The van der Waals surface area contributed by atoms with Crippen molar-refractivity contribution in [3.63, 3.8) is 0 Å². The zero-order valence-corrected chi connectivity index (χ0v) is 22.0. The zero-order chi connectivity index (χ0) is 27.0. The molecule has 1 aliphatic carbocycles. The minimum Gasteiger partial charge on any atom is -0.388 e. The first kappa shape index (κ1) is 29.9. The molecule has 2 aromatic rings. The number of hydrazine groups is 1. The summed E-state index contributed by atoms with van der Waals surface area (Å²) < 4.78 is 12.2. The number of nitrogens with one attached hydrogen (secondary N) is 2. The second-order valence-corrected chi connectivity index (χ2v) is 9.02. The van der Waals surface area contributed by atoms with Crippen molar-refractivity contribution in [2.75, 3.05) is 56.3 Å². The highest BCUT2D eigenvalue weighted by molar-refractivity contribution is 5.55. The minimum absolute atomic E-state index is 0.174. The fraction of sp³-hybridized carbons (Fsp3) is 0.444. The van der Waals surface area contributed by atoms with Gasteiger partial charge >= 0.3 is 0 Å². The maximum atomic E-state index is 12.2. The summed E-state index contributed by atoms with van der Waals surface area (Å²) in [6, 6.07) is 8.13. The topological polar surface area (TPSA) is 120 Å². The normalized spacial score (nSPS) is 16.0. The quantitative estimate of drug-likeness (QED) is 0.251. The summed E-state index contributed by atoms with van der Waals surface area (Å²) in [4.78, 5) is 21.6. The van der Waals surface area contributed by atoms with E-state index in [1.807, 2.05) is 12.1 Å². The van der Waals surface area contributed by atoms with Crippen LogP contribution < -0.4 is 21.4 Å². The Balaban J connectivity index is 0.000000306. The molecule has 4 rings (SSSR count). The number of nitrogens with zero attached hydrogens (tertiary/aromatic N) is 4. The molecular weight excluding hydrogens is 473 g/mol. The van der Waals surface area contributed by atoms with Crippen LogP contribution in [0.4, 0.5) is 21.7 Å². The predicted molar refractivity (Wildman–Crippen MR) is 148 cm³/mol. The summed E-state index contributed by atoms with van der Waals surface area (Å²) in [5, 5.41) is 17.8. The fourth-order valence-electron chi connectivity index (χ4n) is 3.70. The summed E-state index contributed by atoms with van der Waals surface area (Å²) in [5.41, 5.74) is 1.88. The Morgan fingerprint density at radius 3 is 2.46 bits per heavy atom. The molecule has 0 amide bonds. The molecule has 0 spiro atoms. The maximum absolute atomic E-state index is 12.2. The van der Waals surface area contributed by atoms with Crippen molar-refractivity contribution in [1.29, 1.82) is 0 Å². The number of nitrogens with two attached hydrogens (primary N) is 1. The number of aliphatic hydroxyl groups excluding tert-OH is 1. The molecule has 1 aliphatic heterocycles. The number of carbonyl (C=O) groups excluding carboxylic acids is 1. The number of halogens is 1. The van der Waals surface area contributed by atoms with Crippen LogP contribution in [0.15, 0.2) is 60.5 Å². The molecule has 1 atom stereocenters. The van der Waals surface area contributed by atoms with Gasteiger partial charge in [-0.25, -0.2) is 14.4 Å². The van der Waals surface area contributed by atoms with Crippen LogP contribution in [0.2, 0.25) is 0 Å². The molecule has 1 aromatic carbocycles. The van der Waals surface area contributed by atoms with Gasteiger partial charge in [0.1, 0.15) is 30.1 Å². The Kier molecular flexibility index (Phi) is 13.3. The molecular formula is C27H40FN7O2. The molecule has 0 saturated carbocycles. The second-order valence-electron chi connectivity index (χ2n) is 9.02. The van der Waals surface area contributed by atoms with Crippen molar-refractivity contribution in [2.24, 2.45) is 11.8 Å². The van der Waals surface area contributed by atoms with Crippen LogP contribution in [-0.2, 0) is 4.79 Å². The van der Waals surface area contributed by atoms with E-state index in [1.54, 1.807) is 33.3 Å². The number of aromatic nitrogens is 2. The first-order chi connectivity index (χ1) is 17.8. The monoisotopic (exact) mass is 513 g/mol. The molecule has 0 bridgehead atoms. The van der Waals surface area contributed by atoms with Crippen LogP contribution in [0.3, 0.4) is 0 Å². The number of aldehydes is 1. The van der Waals surface area contributed by atoms with E-state index in [2.05, 4.69) is 37.7 Å². The van der Waals surface area contributed by atoms with E-state index in [4.69, 9.17) is 5.84 Å². The Morgan fingerprint density at radius 1 is 1.22 bits per heavy atom. The number of hydrogen-bond donors (Lipinski definition) is 4. The summed E-state index contributed by atoms with van der Waals surface area (Å²) in [6.45, 7) is 2.08. The van der Waals surface area contributed by atoms with Gasteiger partial charge in [0.15, 0.2) is 0 Å². The smallest absolute Gasteiger partial charge is 0.134 e. The average molecular weight is 514 g/mol. The SMILES string of the molecule is CN(C)N.CNc1ccc(F)cc1.O=CC1CCN(c2cc(NC[C@H](O)C3=CCCC=C3)ncn2)CC1. The zero-order valence-electron chi connectivity index (χ0n) is 22.0. The Labute approximate surface area is 219 Å². The lowest BCUT2D eigenvalue weighted by atomic mass is 9.99. The van der Waals surface area contributed by atoms with E-state index in [0.717, 1.165) is 62.1 Å². The van der Waals surface area contributed by atoms with E-state index in [0.29, 0.717) is 12.4 Å². The number of hydrogen-bond acceptors (Lipinski definition) is 9. The van der Waals surface area contributed by atoms with Crippen LogP contribution in [0.5, 0.6) is 0 Å². The number of allylic oxidation sites excluding steroid dienone is 2. The van der Waals surface area contributed by atoms with Gasteiger partial charge in [-0.15, -0.1) is 0 Å². The van der Waals surface area contributed by atoms with E-state index < -0.39 is 6.10 Å². The first-order valence-corrected chi connectivity index (χ1v) is 12.5. The van der Waals surface area contributed by atoms with Gasteiger partial charge in [0, 0.05) is 58.4 Å².